The highest BCUT2D eigenvalue weighted by molar-refractivity contribution is 4.78. The van der Waals surface area contributed by atoms with Crippen LogP contribution in [0.25, 0.3) is 0 Å². The number of rotatable bonds is 6. The third-order valence-electron chi connectivity index (χ3n) is 2.94. The van der Waals surface area contributed by atoms with Crippen LogP contribution in [0, 0.1) is 5.92 Å². The van der Waals surface area contributed by atoms with E-state index in [1.807, 2.05) is 0 Å². The van der Waals surface area contributed by atoms with E-state index in [1.54, 1.807) is 0 Å². The topological polar surface area (TPSA) is 3.24 Å². The largest absolute Gasteiger partial charge is 0.301 e. The monoisotopic (exact) mass is 185 g/mol. The summed E-state index contributed by atoms with van der Waals surface area (Å²) in [6.45, 7) is 12.8. The van der Waals surface area contributed by atoms with Crippen molar-refractivity contribution in [3.05, 3.63) is 0 Å². The first kappa shape index (κ1) is 13.0. The Morgan fingerprint density at radius 1 is 1.23 bits per heavy atom. The molecule has 0 aromatic heterocycles. The van der Waals surface area contributed by atoms with Gasteiger partial charge in [-0.05, 0) is 46.2 Å². The predicted molar refractivity (Wildman–Crippen MR) is 61.1 cm³/mol. The Labute approximate surface area is 84.5 Å². The molecular weight excluding hydrogens is 158 g/mol. The molecule has 0 heterocycles. The first-order valence-corrected chi connectivity index (χ1v) is 5.61. The van der Waals surface area contributed by atoms with Gasteiger partial charge in [0.2, 0.25) is 0 Å². The molecule has 1 nitrogen and oxygen atoms in total. The maximum absolute atomic E-state index is 2.50. The summed E-state index contributed by atoms with van der Waals surface area (Å²) in [5.41, 5.74) is 0.379. The Morgan fingerprint density at radius 3 is 2.15 bits per heavy atom. The summed E-state index contributed by atoms with van der Waals surface area (Å²) < 4.78 is 0. The quantitative estimate of drug-likeness (QED) is 0.612. The van der Waals surface area contributed by atoms with Gasteiger partial charge < -0.3 is 4.90 Å². The third kappa shape index (κ3) is 5.30. The van der Waals surface area contributed by atoms with Crippen LogP contribution in [0.1, 0.15) is 53.9 Å². The first-order valence-electron chi connectivity index (χ1n) is 5.61. The molecule has 0 spiro atoms. The van der Waals surface area contributed by atoms with Crippen molar-refractivity contribution < 1.29 is 0 Å². The second-order valence-electron chi connectivity index (χ2n) is 5.17. The average Bonchev–Trinajstić information content (AvgIpc) is 1.99. The summed E-state index contributed by atoms with van der Waals surface area (Å²) in [4.78, 5) is 2.50. The van der Waals surface area contributed by atoms with Crippen LogP contribution in [-0.2, 0) is 0 Å². The van der Waals surface area contributed by atoms with Crippen LogP contribution in [0.2, 0.25) is 0 Å². The standard InChI is InChI=1S/C12H27N/c1-7-9-12(4,5)13(6)10-8-11(2)3/h11H,7-10H2,1-6H3. The van der Waals surface area contributed by atoms with Gasteiger partial charge in [-0.3, -0.25) is 0 Å². The van der Waals surface area contributed by atoms with Crippen LogP contribution < -0.4 is 0 Å². The van der Waals surface area contributed by atoms with Crippen molar-refractivity contribution in [2.45, 2.75) is 59.4 Å². The fraction of sp³-hybridized carbons (Fsp3) is 1.00. The molecule has 0 aromatic carbocycles. The molecule has 0 N–H and O–H groups in total. The highest BCUT2D eigenvalue weighted by Gasteiger charge is 2.21. The molecule has 0 aliphatic heterocycles. The molecule has 0 aliphatic carbocycles. The zero-order valence-corrected chi connectivity index (χ0v) is 10.4. The molecule has 0 atom stereocenters. The summed E-state index contributed by atoms with van der Waals surface area (Å²) in [7, 11) is 2.25. The minimum absolute atomic E-state index is 0.379. The summed E-state index contributed by atoms with van der Waals surface area (Å²) in [5.74, 6) is 0.819. The fourth-order valence-corrected chi connectivity index (χ4v) is 1.56. The van der Waals surface area contributed by atoms with E-state index in [1.165, 1.54) is 25.8 Å². The van der Waals surface area contributed by atoms with Crippen LogP contribution in [0.3, 0.4) is 0 Å². The molecule has 0 bridgehead atoms. The Hall–Kier alpha value is -0.0400. The lowest BCUT2D eigenvalue weighted by Crippen LogP contribution is -2.41. The van der Waals surface area contributed by atoms with Gasteiger partial charge in [-0.2, -0.15) is 0 Å². The Balaban J connectivity index is 3.86. The normalized spacial score (nSPS) is 12.9. The van der Waals surface area contributed by atoms with Crippen LogP contribution in [0.4, 0.5) is 0 Å². The Morgan fingerprint density at radius 2 is 1.77 bits per heavy atom. The van der Waals surface area contributed by atoms with Gasteiger partial charge in [0.05, 0.1) is 0 Å². The molecular formula is C12H27N. The molecule has 0 amide bonds. The van der Waals surface area contributed by atoms with E-state index in [0.717, 1.165) is 5.92 Å². The first-order chi connectivity index (χ1) is 5.90. The third-order valence-corrected chi connectivity index (χ3v) is 2.94. The number of hydrogen-bond donors (Lipinski definition) is 0. The molecule has 0 rings (SSSR count). The van der Waals surface area contributed by atoms with Gasteiger partial charge in [-0.25, -0.2) is 0 Å². The second kappa shape index (κ2) is 5.64. The van der Waals surface area contributed by atoms with Crippen molar-refractivity contribution in [2.24, 2.45) is 5.92 Å². The van der Waals surface area contributed by atoms with Crippen molar-refractivity contribution in [3.8, 4) is 0 Å². The molecule has 80 valence electrons. The van der Waals surface area contributed by atoms with E-state index in [9.17, 15) is 0 Å². The highest BCUT2D eigenvalue weighted by Crippen LogP contribution is 2.19. The number of hydrogen-bond acceptors (Lipinski definition) is 1. The van der Waals surface area contributed by atoms with Crippen molar-refractivity contribution in [1.29, 1.82) is 0 Å². The Kier molecular flexibility index (Phi) is 5.62. The molecule has 0 fully saturated rings. The van der Waals surface area contributed by atoms with Gasteiger partial charge in [0.1, 0.15) is 0 Å². The van der Waals surface area contributed by atoms with E-state index in [4.69, 9.17) is 0 Å². The van der Waals surface area contributed by atoms with Crippen LogP contribution >= 0.6 is 0 Å². The van der Waals surface area contributed by atoms with Gasteiger partial charge in [0, 0.05) is 5.54 Å². The summed E-state index contributed by atoms with van der Waals surface area (Å²) in [5, 5.41) is 0. The van der Waals surface area contributed by atoms with E-state index in [2.05, 4.69) is 46.6 Å². The lowest BCUT2D eigenvalue weighted by atomic mass is 9.96. The minimum Gasteiger partial charge on any atom is -0.301 e. The van der Waals surface area contributed by atoms with E-state index in [-0.39, 0.29) is 0 Å². The highest BCUT2D eigenvalue weighted by atomic mass is 15.2. The maximum Gasteiger partial charge on any atom is 0.0150 e. The lowest BCUT2D eigenvalue weighted by molar-refractivity contribution is 0.137. The minimum atomic E-state index is 0.379. The van der Waals surface area contributed by atoms with Crippen molar-refractivity contribution in [1.82, 2.24) is 4.90 Å². The van der Waals surface area contributed by atoms with Crippen LogP contribution in [-0.4, -0.2) is 24.0 Å². The lowest BCUT2D eigenvalue weighted by Gasteiger charge is -2.36. The van der Waals surface area contributed by atoms with Gasteiger partial charge in [0.15, 0.2) is 0 Å². The van der Waals surface area contributed by atoms with E-state index >= 15 is 0 Å². The van der Waals surface area contributed by atoms with Crippen LogP contribution in [0.15, 0.2) is 0 Å². The molecule has 1 heteroatoms. The fourth-order valence-electron chi connectivity index (χ4n) is 1.56. The molecule has 13 heavy (non-hydrogen) atoms. The SMILES string of the molecule is CCCC(C)(C)N(C)CCC(C)C. The predicted octanol–water partition coefficient (Wildman–Crippen LogP) is 3.54. The van der Waals surface area contributed by atoms with E-state index in [0.29, 0.717) is 5.54 Å². The molecule has 0 aromatic rings. The average molecular weight is 185 g/mol. The van der Waals surface area contributed by atoms with Gasteiger partial charge >= 0.3 is 0 Å². The van der Waals surface area contributed by atoms with Gasteiger partial charge in [0.25, 0.3) is 0 Å². The molecule has 0 saturated heterocycles. The van der Waals surface area contributed by atoms with Crippen molar-refractivity contribution >= 4 is 0 Å². The maximum atomic E-state index is 2.50. The van der Waals surface area contributed by atoms with E-state index < -0.39 is 0 Å². The molecule has 0 unspecified atom stereocenters. The second-order valence-corrected chi connectivity index (χ2v) is 5.17. The van der Waals surface area contributed by atoms with Gasteiger partial charge in [-0.1, -0.05) is 27.2 Å². The molecule has 0 radical (unpaired) electrons. The molecule has 0 saturated carbocycles. The summed E-state index contributed by atoms with van der Waals surface area (Å²) >= 11 is 0. The summed E-state index contributed by atoms with van der Waals surface area (Å²) in [6.07, 6.45) is 3.88. The zero-order valence-electron chi connectivity index (χ0n) is 10.4. The smallest absolute Gasteiger partial charge is 0.0150 e. The number of nitrogens with zero attached hydrogens (tertiary/aromatic N) is 1. The van der Waals surface area contributed by atoms with Crippen molar-refractivity contribution in [3.63, 3.8) is 0 Å². The van der Waals surface area contributed by atoms with Gasteiger partial charge in [-0.15, -0.1) is 0 Å². The van der Waals surface area contributed by atoms with Crippen LogP contribution in [0.5, 0.6) is 0 Å². The molecule has 0 aliphatic rings. The summed E-state index contributed by atoms with van der Waals surface area (Å²) in [6, 6.07) is 0. The Bertz CT molecular complexity index is 127. The zero-order chi connectivity index (χ0) is 10.5. The van der Waals surface area contributed by atoms with Crippen molar-refractivity contribution in [2.75, 3.05) is 13.6 Å².